The summed E-state index contributed by atoms with van der Waals surface area (Å²) in [7, 11) is 0. The number of terminal acetylenes is 1. The normalized spacial score (nSPS) is 33.1. The van der Waals surface area contributed by atoms with Gasteiger partial charge in [0, 0.05) is 21.2 Å². The fraction of sp³-hybridized carbons (Fsp3) is 0.667. The smallest absolute Gasteiger partial charge is 0.0564 e. The Morgan fingerprint density at radius 3 is 2.86 bits per heavy atom. The summed E-state index contributed by atoms with van der Waals surface area (Å²) in [6, 6.07) is 0. The summed E-state index contributed by atoms with van der Waals surface area (Å²) in [4.78, 5) is 0. The molecule has 0 saturated carbocycles. The van der Waals surface area contributed by atoms with Gasteiger partial charge in [-0.05, 0) is 12.7 Å². The van der Waals surface area contributed by atoms with Crippen LogP contribution in [0.4, 0.5) is 0 Å². The molecule has 40 valence electrons. The summed E-state index contributed by atoms with van der Waals surface area (Å²) in [5.74, 6) is 1.40. The Bertz CT molecular complexity index is 282. The van der Waals surface area contributed by atoms with Crippen LogP contribution in [0.1, 0.15) is 30.1 Å². The maximum Gasteiger partial charge on any atom is 0.0564 e. The predicted octanol–water partition coefficient (Wildman–Crippen LogP) is 0.782. The minimum atomic E-state index is -3.54. The molecule has 7 heavy (non-hydrogen) atoms. The first-order valence-corrected chi connectivity index (χ1v) is 1.51. The molecule has 0 heterocycles. The zero-order valence-corrected chi connectivity index (χ0v) is 3.52. The van der Waals surface area contributed by atoms with E-state index in [0.717, 1.165) is 0 Å². The lowest BCUT2D eigenvalue weighted by molar-refractivity contribution is 0.285. The van der Waals surface area contributed by atoms with E-state index in [1.165, 1.54) is 5.92 Å². The van der Waals surface area contributed by atoms with Gasteiger partial charge in [-0.15, -0.1) is 12.3 Å². The van der Waals surface area contributed by atoms with Gasteiger partial charge in [0.1, 0.15) is 0 Å². The van der Waals surface area contributed by atoms with E-state index in [4.69, 9.17) is 22.5 Å². The van der Waals surface area contributed by atoms with Crippen molar-refractivity contribution in [3.8, 4) is 12.3 Å². The third kappa shape index (κ3) is 5.52. The average Bonchev–Trinajstić information content (AvgIpc) is 2.01. The van der Waals surface area contributed by atoms with Crippen molar-refractivity contribution < 1.29 is 16.1 Å². The average molecular weight is 106 g/mol. The molecule has 0 bridgehead atoms. The van der Waals surface area contributed by atoms with Crippen molar-refractivity contribution in [3.63, 3.8) is 0 Å². The lowest BCUT2D eigenvalue weighted by atomic mass is 10.2. The van der Waals surface area contributed by atoms with Gasteiger partial charge in [0.2, 0.25) is 0 Å². The third-order valence-electron chi connectivity index (χ3n) is 0.253. The minimum absolute atomic E-state index is 1.40. The molecule has 0 aliphatic rings. The van der Waals surface area contributed by atoms with Crippen molar-refractivity contribution >= 4 is 0 Å². The Balaban J connectivity index is 5.51. The Kier molecular flexibility index (Phi) is 0.857. The van der Waals surface area contributed by atoms with Gasteiger partial charge in [0.05, 0.1) is 2.74 Å². The molecular formula is C6H10O. The lowest BCUT2D eigenvalue weighted by Crippen LogP contribution is -1.79. The highest BCUT2D eigenvalue weighted by Gasteiger charge is 1.78. The summed E-state index contributed by atoms with van der Waals surface area (Å²) in [5, 5.41) is 8.82. The second-order valence-electron chi connectivity index (χ2n) is 0.631. The Hall–Kier alpha value is -0.480. The van der Waals surface area contributed by atoms with E-state index in [0.29, 0.717) is 0 Å². The van der Waals surface area contributed by atoms with Gasteiger partial charge in [0.25, 0.3) is 0 Å². The predicted molar refractivity (Wildman–Crippen MR) is 29.8 cm³/mol. The van der Waals surface area contributed by atoms with E-state index in [1.807, 2.05) is 0 Å². The van der Waals surface area contributed by atoms with E-state index >= 15 is 0 Å². The van der Waals surface area contributed by atoms with Crippen molar-refractivity contribution in [1.82, 2.24) is 0 Å². The summed E-state index contributed by atoms with van der Waals surface area (Å²) in [6.07, 6.45) is -5.18. The largest absolute Gasteiger partial charge is 0.396 e. The highest BCUT2D eigenvalue weighted by molar-refractivity contribution is 4.82. The maximum atomic E-state index is 8.82. The van der Waals surface area contributed by atoms with Gasteiger partial charge in [-0.1, -0.05) is 0 Å². The fourth-order valence-corrected chi connectivity index (χ4v) is 0.0953. The number of hydrogen-bond donors (Lipinski definition) is 1. The second kappa shape index (κ2) is 5.52. The highest BCUT2D eigenvalue weighted by atomic mass is 16.2. The molecule has 0 atom stereocenters. The van der Waals surface area contributed by atoms with Gasteiger partial charge >= 0.3 is 0 Å². The van der Waals surface area contributed by atoms with Crippen molar-refractivity contribution in [1.29, 1.82) is 0 Å². The first kappa shape index (κ1) is 1.09. The van der Waals surface area contributed by atoms with Crippen LogP contribution in [0.2, 0.25) is 0 Å². The van der Waals surface area contributed by atoms with Crippen LogP contribution in [0.3, 0.4) is 0 Å². The van der Waals surface area contributed by atoms with Crippen LogP contribution in [0.25, 0.3) is 0 Å². The quantitative estimate of drug-likeness (QED) is 0.527. The molecule has 0 amide bonds. The lowest BCUT2D eigenvalue weighted by Gasteiger charge is -1.85. The molecule has 0 aromatic rings. The van der Waals surface area contributed by atoms with Gasteiger partial charge in [-0.3, -0.25) is 0 Å². The van der Waals surface area contributed by atoms with Crippen molar-refractivity contribution in [2.45, 2.75) is 19.1 Å². The summed E-state index contributed by atoms with van der Waals surface area (Å²) >= 11 is 0. The standard InChI is InChI=1S/C6H10O/c1-2-3-4-5-6-7/h1,7H,3-6H2/i3D2,4D2,5D2,6D2. The minimum Gasteiger partial charge on any atom is -0.396 e. The highest BCUT2D eigenvalue weighted by Crippen LogP contribution is 1.89. The zero-order chi connectivity index (χ0) is 12.7. The third-order valence-corrected chi connectivity index (χ3v) is 0.253. The number of rotatable bonds is 3. The number of aliphatic hydroxyl groups is 1. The molecule has 0 rings (SSSR count). The van der Waals surface area contributed by atoms with Crippen LogP contribution in [-0.4, -0.2) is 11.7 Å². The van der Waals surface area contributed by atoms with Crippen LogP contribution in [0.5, 0.6) is 0 Å². The molecule has 0 aliphatic carbocycles. The number of hydrogen-bond acceptors (Lipinski definition) is 1. The van der Waals surface area contributed by atoms with Crippen molar-refractivity contribution in [2.24, 2.45) is 0 Å². The summed E-state index contributed by atoms with van der Waals surface area (Å²) in [5.41, 5.74) is 0. The molecule has 0 aromatic carbocycles. The molecule has 0 aliphatic heterocycles. The van der Waals surface area contributed by atoms with Crippen LogP contribution in [0.15, 0.2) is 0 Å². The van der Waals surface area contributed by atoms with Gasteiger partial charge in [-0.25, -0.2) is 0 Å². The zero-order valence-electron chi connectivity index (χ0n) is 11.5. The van der Waals surface area contributed by atoms with E-state index in [2.05, 4.69) is 0 Å². The molecule has 1 heteroatoms. The molecule has 0 fully saturated rings. The van der Waals surface area contributed by atoms with Gasteiger partial charge < -0.3 is 5.11 Å². The first-order valence-electron chi connectivity index (χ1n) is 5.51. The second-order valence-corrected chi connectivity index (χ2v) is 0.631. The summed E-state index contributed by atoms with van der Waals surface area (Å²) in [6.45, 7) is -3.54. The molecule has 0 spiro atoms. The van der Waals surface area contributed by atoms with E-state index in [1.54, 1.807) is 0 Å². The van der Waals surface area contributed by atoms with Crippen LogP contribution >= 0.6 is 0 Å². The first-order chi connectivity index (χ1) is 6.31. The Morgan fingerprint density at radius 1 is 1.71 bits per heavy atom. The molecule has 0 unspecified atom stereocenters. The Morgan fingerprint density at radius 2 is 2.43 bits per heavy atom. The topological polar surface area (TPSA) is 20.2 Å². The molecule has 1 N–H and O–H groups in total. The molecule has 0 saturated heterocycles. The van der Waals surface area contributed by atoms with Crippen LogP contribution in [0, 0.1) is 12.3 Å². The van der Waals surface area contributed by atoms with Crippen LogP contribution in [-0.2, 0) is 0 Å². The fourth-order valence-electron chi connectivity index (χ4n) is 0.0953. The van der Waals surface area contributed by atoms with E-state index in [-0.39, 0.29) is 0 Å². The van der Waals surface area contributed by atoms with Gasteiger partial charge in [-0.2, -0.15) is 0 Å². The Labute approximate surface area is 55.6 Å². The molecule has 1 nitrogen and oxygen atoms in total. The van der Waals surface area contributed by atoms with E-state index < -0.39 is 25.7 Å². The molecule has 0 radical (unpaired) electrons. The molecular weight excluding hydrogens is 88.1 g/mol. The maximum absolute atomic E-state index is 8.82. The monoisotopic (exact) mass is 106 g/mol. The van der Waals surface area contributed by atoms with Crippen molar-refractivity contribution in [2.75, 3.05) is 6.56 Å². The van der Waals surface area contributed by atoms with Crippen molar-refractivity contribution in [3.05, 3.63) is 0 Å². The molecule has 0 aromatic heterocycles. The SMILES string of the molecule is [2H]C([2H])(O)C([2H])([2H])C([2H])([2H])C([2H])([2H])C#C. The summed E-state index contributed by atoms with van der Waals surface area (Å²) < 4.78 is 56.0. The van der Waals surface area contributed by atoms with Crippen LogP contribution < -0.4 is 0 Å². The van der Waals surface area contributed by atoms with E-state index in [9.17, 15) is 0 Å². The van der Waals surface area contributed by atoms with Gasteiger partial charge in [0.15, 0.2) is 0 Å².